The number of nitrogens with one attached hydrogen (secondary N) is 1. The minimum atomic E-state index is -3.25. The molecule has 0 amide bonds. The topological polar surface area (TPSA) is 79.9 Å². The van der Waals surface area contributed by atoms with E-state index >= 15 is 0 Å². The van der Waals surface area contributed by atoms with Crippen LogP contribution in [0.15, 0.2) is 10.9 Å². The van der Waals surface area contributed by atoms with Crippen LogP contribution in [0.1, 0.15) is 57.5 Å². The fourth-order valence-corrected chi connectivity index (χ4v) is 5.21. The van der Waals surface area contributed by atoms with Crippen molar-refractivity contribution < 1.29 is 8.42 Å². The van der Waals surface area contributed by atoms with Crippen LogP contribution in [-0.4, -0.2) is 24.1 Å². The predicted molar refractivity (Wildman–Crippen MR) is 82.9 cm³/mol. The molecule has 0 saturated heterocycles. The monoisotopic (exact) mass is 312 g/mol. The summed E-state index contributed by atoms with van der Waals surface area (Å²) in [6.45, 7) is 3.94. The number of sulfone groups is 1. The second-order valence-electron chi connectivity index (χ2n) is 6.44. The maximum Gasteiger partial charge on any atom is 0.251 e. The normalized spacial score (nSPS) is 18.6. The average molecular weight is 312 g/mol. The average Bonchev–Trinajstić information content (AvgIpc) is 2.36. The van der Waals surface area contributed by atoms with Gasteiger partial charge in [-0.2, -0.15) is 0 Å². The van der Waals surface area contributed by atoms with Gasteiger partial charge < -0.3 is 4.98 Å². The molecule has 0 aliphatic heterocycles. The van der Waals surface area contributed by atoms with Crippen LogP contribution in [0, 0.1) is 5.41 Å². The summed E-state index contributed by atoms with van der Waals surface area (Å²) in [4.78, 5) is 18.3. The van der Waals surface area contributed by atoms with Crippen molar-refractivity contribution in [2.45, 2.75) is 58.1 Å². The number of hydrogen-bond acceptors (Lipinski definition) is 4. The second kappa shape index (κ2) is 6.30. The molecule has 1 aliphatic rings. The number of aryl methyl sites for hydroxylation is 1. The molecule has 21 heavy (non-hydrogen) atoms. The third-order valence-corrected chi connectivity index (χ3v) is 6.05. The maximum absolute atomic E-state index is 12.4. The Morgan fingerprint density at radius 2 is 1.95 bits per heavy atom. The molecule has 5 nitrogen and oxygen atoms in total. The number of nitrogens with zero attached hydrogens (tertiary/aromatic N) is 1. The van der Waals surface area contributed by atoms with Crippen molar-refractivity contribution in [2.75, 3.05) is 5.75 Å². The van der Waals surface area contributed by atoms with Crippen molar-refractivity contribution >= 4 is 9.84 Å². The lowest BCUT2D eigenvalue weighted by atomic mass is 9.77. The van der Waals surface area contributed by atoms with Gasteiger partial charge >= 0.3 is 0 Å². The number of aromatic amines is 1. The summed E-state index contributed by atoms with van der Waals surface area (Å²) < 4.78 is 24.9. The smallest absolute Gasteiger partial charge is 0.251 e. The Morgan fingerprint density at radius 1 is 1.29 bits per heavy atom. The highest BCUT2D eigenvalue weighted by Crippen LogP contribution is 2.37. The Morgan fingerprint density at radius 3 is 2.57 bits per heavy atom. The molecule has 1 saturated carbocycles. The molecular weight excluding hydrogens is 288 g/mol. The number of rotatable bonds is 5. The van der Waals surface area contributed by atoms with E-state index in [1.165, 1.54) is 12.5 Å². The molecule has 118 valence electrons. The third-order valence-electron chi connectivity index (χ3n) is 4.18. The zero-order chi connectivity index (χ0) is 15.5. The molecule has 0 spiro atoms. The zero-order valence-corrected chi connectivity index (χ0v) is 13.6. The first kappa shape index (κ1) is 16.2. The largest absolute Gasteiger partial charge is 0.311 e. The lowest BCUT2D eigenvalue weighted by molar-refractivity contribution is 0.247. The number of hydrogen-bond donors (Lipinski definition) is 1. The molecule has 1 aromatic heterocycles. The molecular formula is C15H24N2O3S. The van der Waals surface area contributed by atoms with Crippen molar-refractivity contribution in [3.05, 3.63) is 27.9 Å². The van der Waals surface area contributed by atoms with Gasteiger partial charge in [0.25, 0.3) is 5.56 Å². The van der Waals surface area contributed by atoms with Gasteiger partial charge in [-0.1, -0.05) is 33.1 Å². The van der Waals surface area contributed by atoms with Crippen LogP contribution < -0.4 is 5.56 Å². The molecule has 1 heterocycles. The van der Waals surface area contributed by atoms with E-state index in [1.54, 1.807) is 0 Å². The van der Waals surface area contributed by atoms with E-state index in [4.69, 9.17) is 0 Å². The molecule has 0 radical (unpaired) electrons. The van der Waals surface area contributed by atoms with Gasteiger partial charge in [-0.3, -0.25) is 4.79 Å². The molecule has 1 fully saturated rings. The first-order valence-electron chi connectivity index (χ1n) is 7.61. The number of aromatic nitrogens is 2. The molecule has 1 aliphatic carbocycles. The maximum atomic E-state index is 12.4. The molecule has 1 N–H and O–H groups in total. The highest BCUT2D eigenvalue weighted by molar-refractivity contribution is 7.90. The second-order valence-corrected chi connectivity index (χ2v) is 8.51. The van der Waals surface area contributed by atoms with E-state index in [-0.39, 0.29) is 22.5 Å². The standard InChI is InChI=1S/C15H24N2O3S/c1-3-13-16-12(9-14(18)17-13)10-21(19,20)11-15(2)7-5-4-6-8-15/h9H,3-8,10-11H2,1-2H3,(H,16,17,18). The lowest BCUT2D eigenvalue weighted by Gasteiger charge is -2.33. The van der Waals surface area contributed by atoms with Gasteiger partial charge in [0.15, 0.2) is 9.84 Å². The predicted octanol–water partition coefficient (Wildman–Crippen LogP) is 2.22. The molecule has 0 aromatic carbocycles. The Balaban J connectivity index is 2.13. The highest BCUT2D eigenvalue weighted by Gasteiger charge is 2.32. The van der Waals surface area contributed by atoms with E-state index in [1.807, 2.05) is 6.92 Å². The molecule has 2 rings (SSSR count). The lowest BCUT2D eigenvalue weighted by Crippen LogP contribution is -2.30. The van der Waals surface area contributed by atoms with Gasteiger partial charge in [-0.05, 0) is 18.3 Å². The summed E-state index contributed by atoms with van der Waals surface area (Å²) in [5.41, 5.74) is -0.0442. The van der Waals surface area contributed by atoms with Crippen molar-refractivity contribution in [3.63, 3.8) is 0 Å². The number of H-pyrrole nitrogens is 1. The van der Waals surface area contributed by atoms with Gasteiger partial charge in [0, 0.05) is 12.5 Å². The molecule has 6 heteroatoms. The first-order chi connectivity index (χ1) is 9.82. The van der Waals surface area contributed by atoms with Crippen LogP contribution in [-0.2, 0) is 22.0 Å². The summed E-state index contributed by atoms with van der Waals surface area (Å²) >= 11 is 0. The molecule has 0 bridgehead atoms. The Kier molecular flexibility index (Phi) is 4.86. The van der Waals surface area contributed by atoms with Crippen molar-refractivity contribution in [1.82, 2.24) is 9.97 Å². The molecule has 0 unspecified atom stereocenters. The van der Waals surface area contributed by atoms with Gasteiger partial charge in [-0.15, -0.1) is 0 Å². The van der Waals surface area contributed by atoms with Crippen LogP contribution in [0.25, 0.3) is 0 Å². The summed E-state index contributed by atoms with van der Waals surface area (Å²) in [7, 11) is -3.25. The van der Waals surface area contributed by atoms with Gasteiger partial charge in [0.1, 0.15) is 5.82 Å². The minimum Gasteiger partial charge on any atom is -0.311 e. The Bertz CT molecular complexity index is 643. The Labute approximate surface area is 126 Å². The zero-order valence-electron chi connectivity index (χ0n) is 12.8. The van der Waals surface area contributed by atoms with Crippen molar-refractivity contribution in [2.24, 2.45) is 5.41 Å². The van der Waals surface area contributed by atoms with E-state index < -0.39 is 9.84 Å². The van der Waals surface area contributed by atoms with E-state index in [9.17, 15) is 13.2 Å². The summed E-state index contributed by atoms with van der Waals surface area (Å²) in [5, 5.41) is 0. The molecule has 1 aromatic rings. The summed E-state index contributed by atoms with van der Waals surface area (Å²) in [6.07, 6.45) is 5.93. The first-order valence-corrected chi connectivity index (χ1v) is 9.44. The minimum absolute atomic E-state index is 0.119. The van der Waals surface area contributed by atoms with Gasteiger partial charge in [0.2, 0.25) is 0 Å². The van der Waals surface area contributed by atoms with E-state index in [0.29, 0.717) is 17.9 Å². The van der Waals surface area contributed by atoms with Crippen LogP contribution in [0.4, 0.5) is 0 Å². The Hall–Kier alpha value is -1.17. The van der Waals surface area contributed by atoms with Crippen LogP contribution >= 0.6 is 0 Å². The van der Waals surface area contributed by atoms with Crippen molar-refractivity contribution in [3.8, 4) is 0 Å². The quantitative estimate of drug-likeness (QED) is 0.904. The van der Waals surface area contributed by atoms with E-state index in [2.05, 4.69) is 16.9 Å². The fraction of sp³-hybridized carbons (Fsp3) is 0.733. The fourth-order valence-electron chi connectivity index (χ4n) is 3.16. The summed E-state index contributed by atoms with van der Waals surface area (Å²) in [5.74, 6) is 0.590. The van der Waals surface area contributed by atoms with Crippen molar-refractivity contribution in [1.29, 1.82) is 0 Å². The van der Waals surface area contributed by atoms with Crippen LogP contribution in [0.5, 0.6) is 0 Å². The summed E-state index contributed by atoms with van der Waals surface area (Å²) in [6, 6.07) is 1.29. The van der Waals surface area contributed by atoms with Gasteiger partial charge in [-0.25, -0.2) is 13.4 Å². The van der Waals surface area contributed by atoms with E-state index in [0.717, 1.165) is 25.7 Å². The molecule has 0 atom stereocenters. The third kappa shape index (κ3) is 4.66. The SMILES string of the molecule is CCc1nc(CS(=O)(=O)CC2(C)CCCCC2)cc(=O)[nH]1. The van der Waals surface area contributed by atoms with Crippen LogP contribution in [0.3, 0.4) is 0 Å². The van der Waals surface area contributed by atoms with Crippen LogP contribution in [0.2, 0.25) is 0 Å². The van der Waals surface area contributed by atoms with Gasteiger partial charge in [0.05, 0.1) is 17.2 Å². The highest BCUT2D eigenvalue weighted by atomic mass is 32.2.